The van der Waals surface area contributed by atoms with E-state index in [4.69, 9.17) is 5.21 Å². The first-order valence-corrected chi connectivity index (χ1v) is 6.50. The lowest BCUT2D eigenvalue weighted by molar-refractivity contribution is -0.387. The number of hydrogen-bond donors (Lipinski definition) is 1. The van der Waals surface area contributed by atoms with Crippen molar-refractivity contribution in [3.05, 3.63) is 58.3 Å². The van der Waals surface area contributed by atoms with Crippen LogP contribution in [-0.4, -0.2) is 20.8 Å². The van der Waals surface area contributed by atoms with Crippen molar-refractivity contribution in [1.82, 2.24) is 4.98 Å². The normalized spacial score (nSPS) is 10.8. The predicted molar refractivity (Wildman–Crippen MR) is 82.7 cm³/mol. The molecule has 0 fully saturated rings. The van der Waals surface area contributed by atoms with Gasteiger partial charge in [0, 0.05) is 17.8 Å². The van der Waals surface area contributed by atoms with Gasteiger partial charge < -0.3 is 5.21 Å². The molecule has 0 amide bonds. The van der Waals surface area contributed by atoms with Crippen molar-refractivity contribution in [2.75, 3.05) is 0 Å². The van der Waals surface area contributed by atoms with Gasteiger partial charge in [-0.1, -0.05) is 29.1 Å². The smallest absolute Gasteiger partial charge is 0.283 e. The Morgan fingerprint density at radius 1 is 1.38 bits per heavy atom. The Kier molecular flexibility index (Phi) is 6.13. The molecule has 1 N–H and O–H groups in total. The van der Waals surface area contributed by atoms with Gasteiger partial charge in [-0.2, -0.15) is 0 Å². The van der Waals surface area contributed by atoms with Crippen molar-refractivity contribution in [3.63, 3.8) is 0 Å². The third-order valence-electron chi connectivity index (χ3n) is 2.58. The fraction of sp³-hybridized carbons (Fsp3) is 0.0769. The molecule has 0 unspecified atom stereocenters. The summed E-state index contributed by atoms with van der Waals surface area (Å²) in [5.74, 6) is 0. The molecule has 2 aromatic rings. The van der Waals surface area contributed by atoms with Gasteiger partial charge in [0.05, 0.1) is 15.5 Å². The number of pyridine rings is 1. The quantitative estimate of drug-likeness (QED) is 0.400. The van der Waals surface area contributed by atoms with Gasteiger partial charge in [-0.25, -0.2) is 4.98 Å². The fourth-order valence-electron chi connectivity index (χ4n) is 1.55. The summed E-state index contributed by atoms with van der Waals surface area (Å²) in [5.41, 5.74) is 0.785. The summed E-state index contributed by atoms with van der Waals surface area (Å²) in [5, 5.41) is 23.6. The van der Waals surface area contributed by atoms with E-state index in [2.05, 4.69) is 10.1 Å². The lowest BCUT2D eigenvalue weighted by Crippen LogP contribution is -1.98. The summed E-state index contributed by atoms with van der Waals surface area (Å²) in [7, 11) is 0. The second-order valence-electron chi connectivity index (χ2n) is 3.90. The van der Waals surface area contributed by atoms with Gasteiger partial charge in [-0.05, 0) is 25.1 Å². The summed E-state index contributed by atoms with van der Waals surface area (Å²) in [6, 6.07) is 10.1. The van der Waals surface area contributed by atoms with Crippen molar-refractivity contribution < 1.29 is 10.1 Å². The van der Waals surface area contributed by atoms with E-state index in [1.807, 2.05) is 6.07 Å². The molecule has 0 saturated carbocycles. The summed E-state index contributed by atoms with van der Waals surface area (Å²) >= 11 is 1.22. The van der Waals surface area contributed by atoms with Crippen LogP contribution in [0.4, 0.5) is 5.69 Å². The molecule has 0 radical (unpaired) electrons. The van der Waals surface area contributed by atoms with Gasteiger partial charge in [0.2, 0.25) is 0 Å². The number of rotatable bonds is 4. The molecular weight excluding hydrogens is 314 g/mol. The van der Waals surface area contributed by atoms with Crippen molar-refractivity contribution >= 4 is 35.6 Å². The van der Waals surface area contributed by atoms with Gasteiger partial charge in [0.15, 0.2) is 0 Å². The Hall–Kier alpha value is -2.12. The number of hydrogen-bond acceptors (Lipinski definition) is 6. The minimum atomic E-state index is -0.459. The highest BCUT2D eigenvalue weighted by molar-refractivity contribution is 7.99. The highest BCUT2D eigenvalue weighted by Gasteiger charge is 2.17. The maximum Gasteiger partial charge on any atom is 0.283 e. The van der Waals surface area contributed by atoms with Crippen LogP contribution in [0.15, 0.2) is 57.7 Å². The number of nitro benzene ring substituents is 1. The number of nitro groups is 1. The third kappa shape index (κ3) is 4.17. The maximum atomic E-state index is 11.1. The highest BCUT2D eigenvalue weighted by atomic mass is 35.5. The third-order valence-corrected chi connectivity index (χ3v) is 3.59. The van der Waals surface area contributed by atoms with Crippen molar-refractivity contribution in [1.29, 1.82) is 0 Å². The van der Waals surface area contributed by atoms with Crippen molar-refractivity contribution in [2.45, 2.75) is 16.8 Å². The molecule has 21 heavy (non-hydrogen) atoms. The van der Waals surface area contributed by atoms with Crippen LogP contribution in [0, 0.1) is 10.1 Å². The van der Waals surface area contributed by atoms with Gasteiger partial charge >= 0.3 is 0 Å². The van der Waals surface area contributed by atoms with E-state index in [0.717, 1.165) is 0 Å². The average molecular weight is 326 g/mol. The number of nitrogens with zero attached hydrogens (tertiary/aromatic N) is 3. The SMILES string of the molecule is C/C(=N\O)c1ccc(Sc2ccccn2)c([N+](=O)[O-])c1.Cl. The molecule has 1 aromatic carbocycles. The maximum absolute atomic E-state index is 11.1. The van der Waals surface area contributed by atoms with E-state index in [1.54, 1.807) is 37.4 Å². The number of aromatic nitrogens is 1. The molecule has 0 bridgehead atoms. The van der Waals surface area contributed by atoms with Crippen molar-refractivity contribution in [2.24, 2.45) is 5.16 Å². The molecule has 1 aromatic heterocycles. The van der Waals surface area contributed by atoms with Crippen LogP contribution in [0.25, 0.3) is 0 Å². The standard InChI is InChI=1S/C13H11N3O3S.ClH/c1-9(15-17)10-5-6-12(11(8-10)16(18)19)20-13-4-2-3-7-14-13;/h2-8,17H,1H3;1H/b15-9+;. The van der Waals surface area contributed by atoms with E-state index >= 15 is 0 Å². The summed E-state index contributed by atoms with van der Waals surface area (Å²) < 4.78 is 0. The first-order chi connectivity index (χ1) is 9.61. The van der Waals surface area contributed by atoms with Crippen LogP contribution >= 0.6 is 24.2 Å². The fourth-order valence-corrected chi connectivity index (χ4v) is 2.41. The molecule has 0 aliphatic heterocycles. The van der Waals surface area contributed by atoms with Gasteiger partial charge in [-0.3, -0.25) is 10.1 Å². The molecule has 0 spiro atoms. The first-order valence-electron chi connectivity index (χ1n) is 5.68. The number of oxime groups is 1. The minimum absolute atomic E-state index is 0. The van der Waals surface area contributed by atoms with E-state index in [-0.39, 0.29) is 18.1 Å². The Morgan fingerprint density at radius 2 is 2.14 bits per heavy atom. The van der Waals surface area contributed by atoms with Crippen LogP contribution in [0.5, 0.6) is 0 Å². The van der Waals surface area contributed by atoms with E-state index in [1.165, 1.54) is 17.8 Å². The molecule has 0 aliphatic rings. The van der Waals surface area contributed by atoms with Gasteiger partial charge in [0.25, 0.3) is 5.69 Å². The second-order valence-corrected chi connectivity index (χ2v) is 4.96. The van der Waals surface area contributed by atoms with E-state index in [0.29, 0.717) is 21.2 Å². The second kappa shape index (κ2) is 7.61. The van der Waals surface area contributed by atoms with Crippen LogP contribution in [0.2, 0.25) is 0 Å². The zero-order valence-electron chi connectivity index (χ0n) is 11.0. The molecule has 6 nitrogen and oxygen atoms in total. The molecular formula is C13H12ClN3O3S. The first kappa shape index (κ1) is 16.9. The Balaban J connectivity index is 0.00000220. The number of benzene rings is 1. The molecule has 0 atom stereocenters. The van der Waals surface area contributed by atoms with Gasteiger partial charge in [-0.15, -0.1) is 12.4 Å². The summed E-state index contributed by atoms with van der Waals surface area (Å²) in [6.07, 6.45) is 1.63. The average Bonchev–Trinajstić information content (AvgIpc) is 2.47. The highest BCUT2D eigenvalue weighted by Crippen LogP contribution is 2.34. The minimum Gasteiger partial charge on any atom is -0.411 e. The summed E-state index contributed by atoms with van der Waals surface area (Å²) in [6.45, 7) is 1.57. The molecule has 8 heteroatoms. The van der Waals surface area contributed by atoms with Crippen molar-refractivity contribution in [3.8, 4) is 0 Å². The Bertz CT molecular complexity index is 665. The molecule has 1 heterocycles. The molecule has 0 aliphatic carbocycles. The van der Waals surface area contributed by atoms with Gasteiger partial charge in [0.1, 0.15) is 5.03 Å². The van der Waals surface area contributed by atoms with Crippen LogP contribution in [0.3, 0.4) is 0 Å². The number of halogens is 1. The lowest BCUT2D eigenvalue weighted by atomic mass is 10.1. The Labute approximate surface area is 131 Å². The largest absolute Gasteiger partial charge is 0.411 e. The van der Waals surface area contributed by atoms with Crippen LogP contribution < -0.4 is 0 Å². The van der Waals surface area contributed by atoms with Crippen LogP contribution in [-0.2, 0) is 0 Å². The molecule has 0 saturated heterocycles. The molecule has 110 valence electrons. The Morgan fingerprint density at radius 3 is 2.71 bits per heavy atom. The monoisotopic (exact) mass is 325 g/mol. The summed E-state index contributed by atoms with van der Waals surface area (Å²) in [4.78, 5) is 15.3. The van der Waals surface area contributed by atoms with E-state index < -0.39 is 4.92 Å². The van der Waals surface area contributed by atoms with Crippen LogP contribution in [0.1, 0.15) is 12.5 Å². The van der Waals surface area contributed by atoms with E-state index in [9.17, 15) is 10.1 Å². The zero-order chi connectivity index (χ0) is 14.5. The topological polar surface area (TPSA) is 88.6 Å². The lowest BCUT2D eigenvalue weighted by Gasteiger charge is -2.04. The predicted octanol–water partition coefficient (Wildman–Crippen LogP) is 3.76. The molecule has 2 rings (SSSR count). The zero-order valence-corrected chi connectivity index (χ0v) is 12.6.